The zero-order valence-electron chi connectivity index (χ0n) is 17.0. The van der Waals surface area contributed by atoms with Crippen LogP contribution in [0.15, 0.2) is 42.0 Å². The Morgan fingerprint density at radius 3 is 2.42 bits per heavy atom. The predicted octanol–water partition coefficient (Wildman–Crippen LogP) is 5.24. The first-order valence-corrected chi connectivity index (χ1v) is 10.6. The third kappa shape index (κ3) is 3.19. The average Bonchev–Trinajstić information content (AvgIpc) is 2.96. The number of benzene rings is 2. The Bertz CT molecular complexity index is 1260. The molecule has 2 heterocycles. The summed E-state index contributed by atoms with van der Waals surface area (Å²) in [6.45, 7) is 0.131. The molecule has 2 aliphatic rings. The zero-order chi connectivity index (χ0) is 21.7. The topological polar surface area (TPSA) is 99.8 Å². The summed E-state index contributed by atoms with van der Waals surface area (Å²) in [5, 5.41) is 30.4. The molecule has 6 nitrogen and oxygen atoms in total. The second-order valence-corrected chi connectivity index (χ2v) is 8.47. The molecule has 1 fully saturated rings. The van der Waals surface area contributed by atoms with Crippen LogP contribution in [0.2, 0.25) is 0 Å². The summed E-state index contributed by atoms with van der Waals surface area (Å²) in [7, 11) is 0. The van der Waals surface area contributed by atoms with E-state index in [1.165, 1.54) is 12.0 Å². The molecule has 0 saturated heterocycles. The van der Waals surface area contributed by atoms with Gasteiger partial charge in [-0.25, -0.2) is 9.59 Å². The van der Waals surface area contributed by atoms with Gasteiger partial charge >= 0.3 is 11.9 Å². The van der Waals surface area contributed by atoms with E-state index in [9.17, 15) is 24.9 Å². The van der Waals surface area contributed by atoms with Crippen molar-refractivity contribution in [2.75, 3.05) is 0 Å². The molecular formula is C25H23NO5. The molecule has 6 heteroatoms. The van der Waals surface area contributed by atoms with Crippen molar-refractivity contribution in [1.82, 2.24) is 4.57 Å². The van der Waals surface area contributed by atoms with Crippen molar-refractivity contribution in [2.45, 2.75) is 44.6 Å². The van der Waals surface area contributed by atoms with Gasteiger partial charge in [-0.2, -0.15) is 0 Å². The monoisotopic (exact) mass is 417 g/mol. The molecule has 1 aliphatic heterocycles. The van der Waals surface area contributed by atoms with E-state index >= 15 is 0 Å². The highest BCUT2D eigenvalue weighted by Crippen LogP contribution is 2.46. The van der Waals surface area contributed by atoms with Crippen LogP contribution in [-0.2, 0) is 11.3 Å². The lowest BCUT2D eigenvalue weighted by atomic mass is 9.81. The van der Waals surface area contributed by atoms with Gasteiger partial charge in [0.25, 0.3) is 0 Å². The van der Waals surface area contributed by atoms with Crippen LogP contribution in [-0.4, -0.2) is 31.8 Å². The quantitative estimate of drug-likeness (QED) is 0.541. The number of hydrogen-bond acceptors (Lipinski definition) is 3. The normalized spacial score (nSPS) is 16.3. The van der Waals surface area contributed by atoms with Crippen molar-refractivity contribution in [3.8, 4) is 17.0 Å². The highest BCUT2D eigenvalue weighted by atomic mass is 16.4. The van der Waals surface area contributed by atoms with Crippen molar-refractivity contribution in [1.29, 1.82) is 0 Å². The van der Waals surface area contributed by atoms with Crippen molar-refractivity contribution in [3.05, 3.63) is 58.7 Å². The molecule has 0 atom stereocenters. The maximum absolute atomic E-state index is 12.0. The molecule has 0 amide bonds. The molecule has 0 unspecified atom stereocenters. The SMILES string of the molecule is O=C(O)C1=Cc2cc(O)ccc2-c2c(C3CCCCC3)c3ccc(C(=O)O)cc3n2C1. The first-order valence-electron chi connectivity index (χ1n) is 10.6. The van der Waals surface area contributed by atoms with Crippen molar-refractivity contribution >= 4 is 28.9 Å². The number of aliphatic carboxylic acids is 1. The first-order chi connectivity index (χ1) is 14.9. The van der Waals surface area contributed by atoms with Crippen molar-refractivity contribution in [2.24, 2.45) is 0 Å². The second-order valence-electron chi connectivity index (χ2n) is 8.47. The third-order valence-corrected chi connectivity index (χ3v) is 6.59. The fraction of sp³-hybridized carbons (Fsp3) is 0.280. The fourth-order valence-electron chi connectivity index (χ4n) is 5.19. The van der Waals surface area contributed by atoms with Crippen LogP contribution in [0.25, 0.3) is 28.2 Å². The summed E-state index contributed by atoms with van der Waals surface area (Å²) in [5.74, 6) is -1.63. The molecule has 0 radical (unpaired) electrons. The van der Waals surface area contributed by atoms with Gasteiger partial charge in [0.1, 0.15) is 5.75 Å². The number of phenols is 1. The molecule has 0 bridgehead atoms. The van der Waals surface area contributed by atoms with Crippen LogP contribution in [0, 0.1) is 0 Å². The maximum Gasteiger partial charge on any atom is 0.335 e. The van der Waals surface area contributed by atoms with Crippen molar-refractivity contribution < 1.29 is 24.9 Å². The average molecular weight is 417 g/mol. The molecule has 3 N–H and O–H groups in total. The summed E-state index contributed by atoms with van der Waals surface area (Å²) in [6, 6.07) is 10.2. The number of carbonyl (C=O) groups is 2. The third-order valence-electron chi connectivity index (χ3n) is 6.59. The number of fused-ring (bicyclic) bond motifs is 5. The summed E-state index contributed by atoms with van der Waals surface area (Å²) in [6.07, 6.45) is 7.22. The minimum Gasteiger partial charge on any atom is -0.508 e. The Balaban J connectivity index is 1.88. The van der Waals surface area contributed by atoms with E-state index in [0.29, 0.717) is 11.5 Å². The van der Waals surface area contributed by atoms with Gasteiger partial charge in [0.2, 0.25) is 0 Å². The van der Waals surface area contributed by atoms with Gasteiger partial charge in [0, 0.05) is 16.5 Å². The predicted molar refractivity (Wildman–Crippen MR) is 117 cm³/mol. The number of aromatic hydroxyl groups is 1. The smallest absolute Gasteiger partial charge is 0.335 e. The van der Waals surface area contributed by atoms with Gasteiger partial charge in [0.05, 0.1) is 23.4 Å². The van der Waals surface area contributed by atoms with E-state index in [1.54, 1.807) is 30.3 Å². The van der Waals surface area contributed by atoms with E-state index < -0.39 is 11.9 Å². The minimum atomic E-state index is -1.03. The van der Waals surface area contributed by atoms with Crippen molar-refractivity contribution in [3.63, 3.8) is 0 Å². The number of phenolic OH excluding ortho intramolecular Hbond substituents is 1. The summed E-state index contributed by atoms with van der Waals surface area (Å²) in [5.41, 5.74) is 4.74. The fourth-order valence-corrected chi connectivity index (χ4v) is 5.19. The Morgan fingerprint density at radius 2 is 1.71 bits per heavy atom. The van der Waals surface area contributed by atoms with Gasteiger partial charge in [-0.3, -0.25) is 0 Å². The van der Waals surface area contributed by atoms with E-state index in [1.807, 2.05) is 16.7 Å². The Morgan fingerprint density at radius 1 is 0.935 bits per heavy atom. The number of nitrogens with zero attached hydrogens (tertiary/aromatic N) is 1. The highest BCUT2D eigenvalue weighted by molar-refractivity contribution is 6.01. The lowest BCUT2D eigenvalue weighted by molar-refractivity contribution is -0.132. The van der Waals surface area contributed by atoms with Gasteiger partial charge in [0.15, 0.2) is 0 Å². The molecule has 3 aromatic rings. The van der Waals surface area contributed by atoms with Crippen LogP contribution < -0.4 is 0 Å². The van der Waals surface area contributed by atoms with E-state index in [-0.39, 0.29) is 23.4 Å². The molecule has 1 aliphatic carbocycles. The number of rotatable bonds is 3. The lowest BCUT2D eigenvalue weighted by Crippen LogP contribution is -2.10. The number of aromatic carboxylic acids is 1. The van der Waals surface area contributed by atoms with Crippen LogP contribution in [0.1, 0.15) is 59.5 Å². The van der Waals surface area contributed by atoms with Gasteiger partial charge in [-0.05, 0) is 66.3 Å². The van der Waals surface area contributed by atoms with Crippen LogP contribution >= 0.6 is 0 Å². The van der Waals surface area contributed by atoms with Gasteiger partial charge < -0.3 is 19.9 Å². The number of aromatic nitrogens is 1. The van der Waals surface area contributed by atoms with Crippen LogP contribution in [0.3, 0.4) is 0 Å². The largest absolute Gasteiger partial charge is 0.508 e. The van der Waals surface area contributed by atoms with E-state index in [2.05, 4.69) is 0 Å². The highest BCUT2D eigenvalue weighted by Gasteiger charge is 2.30. The summed E-state index contributed by atoms with van der Waals surface area (Å²) >= 11 is 0. The number of carboxylic acid groups (broad SMARTS) is 2. The Labute approximate surface area is 179 Å². The molecule has 2 aromatic carbocycles. The number of hydrogen-bond donors (Lipinski definition) is 3. The molecular weight excluding hydrogens is 394 g/mol. The first kappa shape index (κ1) is 19.4. The van der Waals surface area contributed by atoms with Crippen LogP contribution in [0.5, 0.6) is 5.75 Å². The second kappa shape index (κ2) is 7.30. The lowest BCUT2D eigenvalue weighted by Gasteiger charge is -2.24. The van der Waals surface area contributed by atoms with Gasteiger partial charge in [-0.1, -0.05) is 25.3 Å². The molecule has 158 valence electrons. The molecule has 1 saturated carbocycles. The summed E-state index contributed by atoms with van der Waals surface area (Å²) in [4.78, 5) is 23.6. The minimum absolute atomic E-state index is 0.0803. The zero-order valence-corrected chi connectivity index (χ0v) is 17.0. The molecule has 0 spiro atoms. The van der Waals surface area contributed by atoms with Gasteiger partial charge in [-0.15, -0.1) is 0 Å². The van der Waals surface area contributed by atoms with Crippen LogP contribution in [0.4, 0.5) is 0 Å². The Kier molecular flexibility index (Phi) is 4.58. The molecule has 1 aromatic heterocycles. The standard InChI is InChI=1S/C25H23NO5/c27-18-7-9-19-16(11-18)10-17(25(30)31)13-26-21-12-15(24(28)29)6-8-20(21)22(23(19)26)14-4-2-1-3-5-14/h6-12,14,27H,1-5,13H2,(H,28,29)(H,30,31). The number of carboxylic acids is 2. The van der Waals surface area contributed by atoms with E-state index in [4.69, 9.17) is 0 Å². The van der Waals surface area contributed by atoms with E-state index in [0.717, 1.165) is 47.8 Å². The Hall–Kier alpha value is -3.54. The molecule has 31 heavy (non-hydrogen) atoms. The molecule has 5 rings (SSSR count). The maximum atomic E-state index is 12.0. The summed E-state index contributed by atoms with van der Waals surface area (Å²) < 4.78 is 1.95.